The van der Waals surface area contributed by atoms with Crippen LogP contribution < -0.4 is 10.6 Å². The molecule has 2 aromatic carbocycles. The number of hydrogen-bond acceptors (Lipinski definition) is 12. The minimum atomic E-state index is -0.713. The molecule has 2 unspecified atom stereocenters. The molecule has 2 amide bonds. The number of carbonyl (C=O) groups excluding carboxylic acids is 4. The first-order chi connectivity index (χ1) is 38.9. The fourth-order valence-electron chi connectivity index (χ4n) is 9.80. The molecule has 2 atom stereocenters. The van der Waals surface area contributed by atoms with E-state index in [1.54, 1.807) is 58.2 Å². The Balaban J connectivity index is 0.000000236. The Morgan fingerprint density at radius 1 is 0.585 bits per heavy atom. The van der Waals surface area contributed by atoms with Crippen LogP contribution in [0.4, 0.5) is 0 Å². The molecule has 440 valence electrons. The van der Waals surface area contributed by atoms with Gasteiger partial charge < -0.3 is 29.6 Å². The molecule has 2 N–H and O–H groups in total. The van der Waals surface area contributed by atoms with E-state index in [2.05, 4.69) is 35.8 Å². The van der Waals surface area contributed by atoms with Crippen LogP contribution in [0.5, 0.6) is 0 Å². The van der Waals surface area contributed by atoms with E-state index in [4.69, 9.17) is 85.5 Å². The first-order valence-corrected chi connectivity index (χ1v) is 29.5. The van der Waals surface area contributed by atoms with Gasteiger partial charge in [-0.15, -0.1) is 0 Å². The van der Waals surface area contributed by atoms with E-state index in [0.29, 0.717) is 66.8 Å². The van der Waals surface area contributed by atoms with Gasteiger partial charge in [-0.2, -0.15) is 10.2 Å². The number of aryl methyl sites for hydroxylation is 9. The number of nitrogens with zero attached hydrogens (tertiary/aromatic N) is 6. The van der Waals surface area contributed by atoms with Crippen LogP contribution in [0.1, 0.15) is 181 Å². The molecule has 2 aliphatic carbocycles. The van der Waals surface area contributed by atoms with Crippen LogP contribution in [0, 0.1) is 6.92 Å². The van der Waals surface area contributed by atoms with Crippen molar-refractivity contribution in [3.8, 4) is 0 Å². The molecule has 82 heavy (non-hydrogen) atoms. The van der Waals surface area contributed by atoms with E-state index in [0.717, 1.165) is 56.3 Å². The number of nitrogens with one attached hydrogen (secondary N) is 2. The van der Waals surface area contributed by atoms with E-state index < -0.39 is 35.2 Å². The minimum absolute atomic E-state index is 0.0886. The molecular weight excluding hydrogens is 1130 g/mol. The molecule has 16 nitrogen and oxygen atoms in total. The van der Waals surface area contributed by atoms with Crippen molar-refractivity contribution in [2.75, 3.05) is 14.2 Å². The number of amides is 2. The van der Waals surface area contributed by atoms with Gasteiger partial charge in [0.1, 0.15) is 11.4 Å². The molecule has 0 fully saturated rings. The quantitative estimate of drug-likeness (QED) is 0.0649. The van der Waals surface area contributed by atoms with E-state index in [1.807, 2.05) is 41.5 Å². The zero-order valence-corrected chi connectivity index (χ0v) is 51.5. The molecule has 0 saturated carbocycles. The molecule has 0 aliphatic heterocycles. The van der Waals surface area contributed by atoms with Gasteiger partial charge in [-0.05, 0) is 189 Å². The van der Waals surface area contributed by atoms with Crippen LogP contribution in [0.2, 0.25) is 20.1 Å². The summed E-state index contributed by atoms with van der Waals surface area (Å²) in [6, 6.07) is 15.1. The van der Waals surface area contributed by atoms with E-state index in [1.165, 1.54) is 68.0 Å². The van der Waals surface area contributed by atoms with Gasteiger partial charge in [-0.3, -0.25) is 38.5 Å². The predicted molar refractivity (Wildman–Crippen MR) is 319 cm³/mol. The number of ether oxygens (including phenoxy) is 4. The molecule has 0 spiro atoms. The highest BCUT2D eigenvalue weighted by Gasteiger charge is 2.28. The lowest BCUT2D eigenvalue weighted by Gasteiger charge is -2.20. The van der Waals surface area contributed by atoms with Gasteiger partial charge in [-0.25, -0.2) is 0 Å². The summed E-state index contributed by atoms with van der Waals surface area (Å²) < 4.78 is 25.3. The van der Waals surface area contributed by atoms with Gasteiger partial charge in [0, 0.05) is 68.3 Å². The number of halogens is 4. The van der Waals surface area contributed by atoms with Crippen LogP contribution in [0.25, 0.3) is 0 Å². The Morgan fingerprint density at radius 3 is 1.51 bits per heavy atom. The minimum Gasteiger partial charge on any atom is -0.469 e. The lowest BCUT2D eigenvalue weighted by Crippen LogP contribution is -2.31. The Hall–Kier alpha value is -5.88. The molecule has 0 saturated heterocycles. The van der Waals surface area contributed by atoms with Gasteiger partial charge in [-0.1, -0.05) is 58.5 Å². The van der Waals surface area contributed by atoms with Gasteiger partial charge in [0.15, 0.2) is 0 Å². The third kappa shape index (κ3) is 19.1. The van der Waals surface area contributed by atoms with Crippen molar-refractivity contribution in [1.82, 2.24) is 40.2 Å². The van der Waals surface area contributed by atoms with Crippen molar-refractivity contribution < 1.29 is 38.1 Å². The maximum absolute atomic E-state index is 13.7. The highest BCUT2D eigenvalue weighted by atomic mass is 35.5. The number of methoxy groups -OCH3 is 2. The summed E-state index contributed by atoms with van der Waals surface area (Å²) in [6.45, 7) is 15.3. The van der Waals surface area contributed by atoms with Crippen LogP contribution in [0.3, 0.4) is 0 Å². The third-order valence-corrected chi connectivity index (χ3v) is 15.0. The summed E-state index contributed by atoms with van der Waals surface area (Å²) >= 11 is 24.9. The first-order valence-electron chi connectivity index (χ1n) is 28.0. The molecule has 4 heterocycles. The number of esters is 2. The smallest absolute Gasteiger partial charge is 0.307 e. The highest BCUT2D eigenvalue weighted by molar-refractivity contribution is 6.35. The lowest BCUT2D eigenvalue weighted by atomic mass is 9.93. The lowest BCUT2D eigenvalue weighted by molar-refractivity contribution is -0.142. The second-order valence-electron chi connectivity index (χ2n) is 22.8. The summed E-state index contributed by atoms with van der Waals surface area (Å²) in [5.74, 6) is -1.73. The largest absolute Gasteiger partial charge is 0.469 e. The number of pyridine rings is 2. The summed E-state index contributed by atoms with van der Waals surface area (Å²) in [4.78, 5) is 61.5. The van der Waals surface area contributed by atoms with Crippen LogP contribution in [-0.2, 0) is 93.4 Å². The monoisotopic (exact) mass is 1200 g/mol. The van der Waals surface area contributed by atoms with Gasteiger partial charge in [0.05, 0.1) is 74.7 Å². The number of benzene rings is 2. The fourth-order valence-corrected chi connectivity index (χ4v) is 10.9. The van der Waals surface area contributed by atoms with Crippen LogP contribution in [-0.4, -0.2) is 78.7 Å². The van der Waals surface area contributed by atoms with Gasteiger partial charge >= 0.3 is 11.9 Å². The molecule has 4 aromatic heterocycles. The topological polar surface area (TPSA) is 191 Å². The maximum Gasteiger partial charge on any atom is 0.307 e. The van der Waals surface area contributed by atoms with Crippen molar-refractivity contribution in [3.05, 3.63) is 160 Å². The molecule has 20 heteroatoms. The fraction of sp³-hybridized carbons (Fsp3) is 0.484. The molecule has 8 rings (SSSR count). The summed E-state index contributed by atoms with van der Waals surface area (Å²) in [7, 11) is 2.61. The average Bonchev–Trinajstić information content (AvgIpc) is 4.19. The van der Waals surface area contributed by atoms with Crippen molar-refractivity contribution in [2.24, 2.45) is 0 Å². The Labute approximate surface area is 501 Å². The Bertz CT molecular complexity index is 3180. The van der Waals surface area contributed by atoms with E-state index in [-0.39, 0.29) is 37.9 Å². The number of hydrogen-bond donors (Lipinski definition) is 2. The number of aromatic nitrogens is 6. The van der Waals surface area contributed by atoms with E-state index >= 15 is 0 Å². The highest BCUT2D eigenvalue weighted by Crippen LogP contribution is 2.30. The average molecular weight is 1200 g/mol. The molecule has 6 aromatic rings. The van der Waals surface area contributed by atoms with Crippen molar-refractivity contribution in [1.29, 1.82) is 0 Å². The van der Waals surface area contributed by atoms with Crippen LogP contribution in [0.15, 0.2) is 67.0 Å². The van der Waals surface area contributed by atoms with Crippen molar-refractivity contribution >= 4 is 70.2 Å². The standard InChI is InChI=1S/2C31H38Cl2N4O4/c1-19-20(12-21-8-6-7-9-26(21)34-19)10-11-37-17-25(28(36-37)18-41-31(2,3)4)30(39)35-27(16-29(38)40-5)22-13-23(32)15-24(33)14-22;1-31(2,3)41-19-28-25(30(39)35-27(17-29(38)40-4)21-14-22(32)16-23(33)15-21)18-37(36-28)13-7-9-24-12-11-20-8-5-6-10-26(20)34-24/h12-15,17,27H,6-11,16,18H2,1-5H3,(H,35,39);11-12,14-16,18,27H,5-10,13,17,19H2,1-4H3,(H,35,39). The van der Waals surface area contributed by atoms with Gasteiger partial charge in [0.2, 0.25) is 0 Å². The molecule has 2 aliphatic rings. The summed E-state index contributed by atoms with van der Waals surface area (Å²) in [6.07, 6.45) is 14.8. The normalized spacial score (nSPS) is 13.9. The number of carbonyl (C=O) groups is 4. The van der Waals surface area contributed by atoms with Crippen molar-refractivity contribution in [2.45, 2.75) is 182 Å². The Morgan fingerprint density at radius 2 is 1.04 bits per heavy atom. The second kappa shape index (κ2) is 29.1. The van der Waals surface area contributed by atoms with Crippen molar-refractivity contribution in [3.63, 3.8) is 0 Å². The maximum atomic E-state index is 13.7. The first kappa shape index (κ1) is 63.7. The Kier molecular flexibility index (Phi) is 22.6. The molecular formula is C62H76Cl4N8O8. The molecule has 0 radical (unpaired) electrons. The SMILES string of the molecule is COC(=O)CC(NC(=O)c1cn(CCCc2ccc3c(n2)CCCC3)nc1COC(C)(C)C)c1cc(Cl)cc(Cl)c1.COC(=O)CC(NC(=O)c1cn(CCc2cc3c(nc2C)CCCC3)nc1COC(C)(C)C)c1cc(Cl)cc(Cl)c1. The number of rotatable bonds is 21. The predicted octanol–water partition coefficient (Wildman–Crippen LogP) is 12.8. The molecule has 0 bridgehead atoms. The van der Waals surface area contributed by atoms with Gasteiger partial charge in [0.25, 0.3) is 11.8 Å². The zero-order chi connectivity index (χ0) is 59.3. The zero-order valence-electron chi connectivity index (χ0n) is 48.5. The third-order valence-electron chi connectivity index (χ3n) is 14.1. The van der Waals surface area contributed by atoms with E-state index in [9.17, 15) is 19.2 Å². The second-order valence-corrected chi connectivity index (χ2v) is 24.6. The summed E-state index contributed by atoms with van der Waals surface area (Å²) in [5, 5.41) is 16.9. The number of fused-ring (bicyclic) bond motifs is 2. The van der Waals surface area contributed by atoms with Crippen LogP contribution >= 0.6 is 46.4 Å². The summed E-state index contributed by atoms with van der Waals surface area (Å²) in [5.41, 5.74) is 10.6.